The van der Waals surface area contributed by atoms with E-state index in [1.165, 1.54) is 41.0 Å². The minimum Gasteiger partial charge on any atom is -0.493 e. The van der Waals surface area contributed by atoms with Crippen LogP contribution in [0.1, 0.15) is 5.56 Å². The smallest absolute Gasteiger partial charge is 0.393 e. The topological polar surface area (TPSA) is 103 Å². The Morgan fingerprint density at radius 1 is 1.45 bits per heavy atom. The molecule has 9 heteroatoms. The van der Waals surface area contributed by atoms with Crippen molar-refractivity contribution in [2.75, 3.05) is 7.11 Å². The zero-order valence-corrected chi connectivity index (χ0v) is 12.0. The Kier molecular flexibility index (Phi) is 3.36. The van der Waals surface area contributed by atoms with Crippen LogP contribution in [-0.4, -0.2) is 21.4 Å². The number of rotatable bonds is 4. The second-order valence-corrected chi connectivity index (χ2v) is 5.01. The van der Waals surface area contributed by atoms with Crippen molar-refractivity contribution in [1.29, 1.82) is 5.26 Å². The molecule has 0 amide bonds. The lowest BCUT2D eigenvalue weighted by atomic mass is 10.2. The van der Waals surface area contributed by atoms with Gasteiger partial charge in [-0.1, -0.05) is 11.3 Å². The van der Waals surface area contributed by atoms with Crippen LogP contribution in [0.2, 0.25) is 0 Å². The van der Waals surface area contributed by atoms with Crippen LogP contribution >= 0.6 is 11.3 Å². The standard InChI is InChI=1S/C13H8N4O4S/c1-20-10-6-8(7-14)2-3-9(10)21-11-12(17(18)19)16-4-5-22-13(16)15-11/h2-6H,1H3. The number of benzene rings is 1. The Labute approximate surface area is 127 Å². The highest BCUT2D eigenvalue weighted by Gasteiger charge is 2.26. The molecular weight excluding hydrogens is 308 g/mol. The molecule has 0 aliphatic rings. The van der Waals surface area contributed by atoms with Crippen molar-refractivity contribution in [3.8, 4) is 23.4 Å². The average molecular weight is 316 g/mol. The summed E-state index contributed by atoms with van der Waals surface area (Å²) < 4.78 is 12.0. The molecular formula is C13H8N4O4S. The molecule has 0 aliphatic heterocycles. The van der Waals surface area contributed by atoms with Gasteiger partial charge in [0.05, 0.1) is 18.7 Å². The van der Waals surface area contributed by atoms with Crippen LogP contribution in [0.25, 0.3) is 4.96 Å². The van der Waals surface area contributed by atoms with Gasteiger partial charge in [-0.2, -0.15) is 14.6 Å². The van der Waals surface area contributed by atoms with Crippen molar-refractivity contribution >= 4 is 22.1 Å². The van der Waals surface area contributed by atoms with E-state index >= 15 is 0 Å². The molecule has 2 heterocycles. The van der Waals surface area contributed by atoms with E-state index in [1.807, 2.05) is 6.07 Å². The van der Waals surface area contributed by atoms with Crippen LogP contribution in [0.3, 0.4) is 0 Å². The summed E-state index contributed by atoms with van der Waals surface area (Å²) in [7, 11) is 1.42. The molecule has 8 nitrogen and oxygen atoms in total. The third-order valence-electron chi connectivity index (χ3n) is 2.88. The number of fused-ring (bicyclic) bond motifs is 1. The molecule has 0 saturated heterocycles. The summed E-state index contributed by atoms with van der Waals surface area (Å²) in [5, 5.41) is 21.8. The molecule has 0 aliphatic carbocycles. The normalized spacial score (nSPS) is 10.4. The van der Waals surface area contributed by atoms with Crippen molar-refractivity contribution in [3.63, 3.8) is 0 Å². The van der Waals surface area contributed by atoms with Crippen LogP contribution in [0.4, 0.5) is 5.82 Å². The Hall–Kier alpha value is -3.12. The quantitative estimate of drug-likeness (QED) is 0.541. The van der Waals surface area contributed by atoms with Crippen LogP contribution in [0, 0.1) is 21.4 Å². The first kappa shape index (κ1) is 13.8. The van der Waals surface area contributed by atoms with Gasteiger partial charge >= 0.3 is 11.7 Å². The molecule has 0 fully saturated rings. The summed E-state index contributed by atoms with van der Waals surface area (Å²) in [5.41, 5.74) is 0.393. The molecule has 110 valence electrons. The number of thiazole rings is 1. The van der Waals surface area contributed by atoms with Crippen LogP contribution in [0.5, 0.6) is 17.4 Å². The zero-order chi connectivity index (χ0) is 15.7. The van der Waals surface area contributed by atoms with Crippen LogP contribution in [-0.2, 0) is 0 Å². The Morgan fingerprint density at radius 3 is 2.95 bits per heavy atom. The third kappa shape index (κ3) is 2.21. The monoisotopic (exact) mass is 316 g/mol. The minimum absolute atomic E-state index is 0.125. The molecule has 0 bridgehead atoms. The maximum atomic E-state index is 11.2. The number of hydrogen-bond donors (Lipinski definition) is 0. The first-order chi connectivity index (χ1) is 10.6. The second kappa shape index (κ2) is 5.34. The number of hydrogen-bond acceptors (Lipinski definition) is 7. The fourth-order valence-corrected chi connectivity index (χ4v) is 2.61. The first-order valence-electron chi connectivity index (χ1n) is 6.00. The van der Waals surface area contributed by atoms with Gasteiger partial charge in [-0.15, -0.1) is 0 Å². The number of imidazole rings is 1. The van der Waals surface area contributed by atoms with E-state index in [9.17, 15) is 10.1 Å². The Morgan fingerprint density at radius 2 is 2.27 bits per heavy atom. The molecule has 0 unspecified atom stereocenters. The van der Waals surface area contributed by atoms with E-state index in [4.69, 9.17) is 14.7 Å². The summed E-state index contributed by atoms with van der Waals surface area (Å²) in [6.45, 7) is 0. The SMILES string of the molecule is COc1cc(C#N)ccc1Oc1nc2sccn2c1[N+](=O)[O-]. The molecule has 2 aromatic heterocycles. The van der Waals surface area contributed by atoms with Gasteiger partial charge in [0.2, 0.25) is 0 Å². The summed E-state index contributed by atoms with van der Waals surface area (Å²) in [5.74, 6) is 0.155. The lowest BCUT2D eigenvalue weighted by Crippen LogP contribution is -1.96. The van der Waals surface area contributed by atoms with E-state index in [1.54, 1.807) is 11.6 Å². The van der Waals surface area contributed by atoms with Gasteiger partial charge in [-0.3, -0.25) is 0 Å². The molecule has 0 spiro atoms. The summed E-state index contributed by atoms with van der Waals surface area (Å²) in [6, 6.07) is 6.50. The van der Waals surface area contributed by atoms with Gasteiger partial charge in [0.15, 0.2) is 11.5 Å². The summed E-state index contributed by atoms with van der Waals surface area (Å²) in [4.78, 5) is 15.2. The van der Waals surface area contributed by atoms with Gasteiger partial charge in [0.1, 0.15) is 6.20 Å². The predicted octanol–water partition coefficient (Wildman–Crippen LogP) is 2.98. The lowest BCUT2D eigenvalue weighted by molar-refractivity contribution is -0.391. The van der Waals surface area contributed by atoms with Crippen molar-refractivity contribution in [2.45, 2.75) is 0 Å². The number of nitro groups is 1. The van der Waals surface area contributed by atoms with Gasteiger partial charge < -0.3 is 19.6 Å². The molecule has 0 saturated carbocycles. The highest BCUT2D eigenvalue weighted by molar-refractivity contribution is 7.15. The van der Waals surface area contributed by atoms with Crippen molar-refractivity contribution in [1.82, 2.24) is 9.38 Å². The fraction of sp³-hybridized carbons (Fsp3) is 0.0769. The maximum Gasteiger partial charge on any atom is 0.393 e. The van der Waals surface area contributed by atoms with Gasteiger partial charge in [0, 0.05) is 11.4 Å². The summed E-state index contributed by atoms with van der Waals surface area (Å²) >= 11 is 1.26. The van der Waals surface area contributed by atoms with Crippen LogP contribution in [0.15, 0.2) is 29.8 Å². The van der Waals surface area contributed by atoms with Crippen molar-refractivity contribution < 1.29 is 14.4 Å². The molecule has 0 atom stereocenters. The molecule has 0 N–H and O–H groups in total. The number of nitriles is 1. The molecule has 22 heavy (non-hydrogen) atoms. The highest BCUT2D eigenvalue weighted by Crippen LogP contribution is 2.37. The van der Waals surface area contributed by atoms with E-state index in [2.05, 4.69) is 4.98 Å². The van der Waals surface area contributed by atoms with Gasteiger partial charge in [-0.25, -0.2) is 0 Å². The molecule has 3 rings (SSSR count). The van der Waals surface area contributed by atoms with Gasteiger partial charge in [0.25, 0.3) is 4.96 Å². The number of aromatic nitrogens is 2. The van der Waals surface area contributed by atoms with E-state index in [0.717, 1.165) is 0 Å². The molecule has 0 radical (unpaired) electrons. The number of nitrogens with zero attached hydrogens (tertiary/aromatic N) is 4. The molecule has 1 aromatic carbocycles. The average Bonchev–Trinajstić information content (AvgIpc) is 3.07. The molecule has 3 aromatic rings. The Bertz CT molecular complexity index is 909. The zero-order valence-electron chi connectivity index (χ0n) is 11.2. The van der Waals surface area contributed by atoms with E-state index < -0.39 is 4.92 Å². The number of ether oxygens (including phenoxy) is 2. The summed E-state index contributed by atoms with van der Waals surface area (Å²) in [6.07, 6.45) is 1.55. The third-order valence-corrected chi connectivity index (χ3v) is 3.64. The maximum absolute atomic E-state index is 11.2. The predicted molar refractivity (Wildman–Crippen MR) is 77.5 cm³/mol. The fourth-order valence-electron chi connectivity index (χ4n) is 1.91. The first-order valence-corrected chi connectivity index (χ1v) is 6.88. The largest absolute Gasteiger partial charge is 0.493 e. The van der Waals surface area contributed by atoms with Crippen molar-refractivity contribution in [3.05, 3.63) is 45.5 Å². The number of methoxy groups -OCH3 is 1. The Balaban J connectivity index is 2.07. The van der Waals surface area contributed by atoms with Crippen molar-refractivity contribution in [2.24, 2.45) is 0 Å². The highest BCUT2D eigenvalue weighted by atomic mass is 32.1. The van der Waals surface area contributed by atoms with E-state index in [-0.39, 0.29) is 17.4 Å². The second-order valence-electron chi connectivity index (χ2n) is 4.13. The van der Waals surface area contributed by atoms with E-state index in [0.29, 0.717) is 16.3 Å². The van der Waals surface area contributed by atoms with Gasteiger partial charge in [-0.05, 0) is 17.1 Å². The minimum atomic E-state index is -0.557. The lowest BCUT2D eigenvalue weighted by Gasteiger charge is -2.08. The van der Waals surface area contributed by atoms with Crippen LogP contribution < -0.4 is 9.47 Å².